The maximum Gasteiger partial charge on any atom is 0.130 e. The van der Waals surface area contributed by atoms with Crippen molar-refractivity contribution in [3.8, 4) is 11.5 Å². The molecule has 3 rings (SSSR count). The molecule has 2 unspecified atom stereocenters. The van der Waals surface area contributed by atoms with Gasteiger partial charge in [-0.05, 0) is 48.2 Å². The molecule has 2 aromatic rings. The molecule has 0 amide bonds. The van der Waals surface area contributed by atoms with Gasteiger partial charge in [-0.25, -0.2) is 0 Å². The second-order valence-electron chi connectivity index (χ2n) is 5.91. The van der Waals surface area contributed by atoms with Crippen LogP contribution in [0.3, 0.4) is 0 Å². The summed E-state index contributed by atoms with van der Waals surface area (Å²) in [6, 6.07) is 12.6. The number of rotatable bonds is 4. The Hall–Kier alpha value is -2.22. The van der Waals surface area contributed by atoms with Gasteiger partial charge >= 0.3 is 0 Å². The summed E-state index contributed by atoms with van der Waals surface area (Å²) < 4.78 is 11.5. The average molecular weight is 294 g/mol. The molecule has 1 heterocycles. The van der Waals surface area contributed by atoms with Crippen LogP contribution in [-0.2, 0) is 6.42 Å². The van der Waals surface area contributed by atoms with Crippen LogP contribution in [0.15, 0.2) is 49.1 Å². The highest BCUT2D eigenvalue weighted by Gasteiger charge is 2.32. The number of hydrogen-bond acceptors (Lipinski definition) is 2. The first-order valence-corrected chi connectivity index (χ1v) is 7.69. The highest BCUT2D eigenvalue weighted by molar-refractivity contribution is 5.49. The molecule has 1 aliphatic rings. The highest BCUT2D eigenvalue weighted by atomic mass is 16.5. The summed E-state index contributed by atoms with van der Waals surface area (Å²) in [5, 5.41) is 0. The Morgan fingerprint density at radius 3 is 2.59 bits per heavy atom. The molecule has 0 bridgehead atoms. The summed E-state index contributed by atoms with van der Waals surface area (Å²) in [5.41, 5.74) is 5.08. The maximum absolute atomic E-state index is 6.23. The number of fused-ring (bicyclic) bond motifs is 1. The Morgan fingerprint density at radius 1 is 1.23 bits per heavy atom. The molecule has 114 valence electrons. The summed E-state index contributed by atoms with van der Waals surface area (Å²) in [4.78, 5) is 0. The Morgan fingerprint density at radius 2 is 1.95 bits per heavy atom. The zero-order chi connectivity index (χ0) is 15.7. The van der Waals surface area contributed by atoms with E-state index in [0.29, 0.717) is 5.92 Å². The van der Waals surface area contributed by atoms with Crippen molar-refractivity contribution in [2.45, 2.75) is 32.3 Å². The van der Waals surface area contributed by atoms with Crippen molar-refractivity contribution in [1.82, 2.24) is 0 Å². The lowest BCUT2D eigenvalue weighted by molar-refractivity contribution is 0.216. The third-order valence-corrected chi connectivity index (χ3v) is 4.48. The van der Waals surface area contributed by atoms with Crippen LogP contribution in [0.4, 0.5) is 0 Å². The van der Waals surface area contributed by atoms with Crippen molar-refractivity contribution in [3.05, 3.63) is 71.3 Å². The Labute approximate surface area is 132 Å². The Kier molecular flexibility index (Phi) is 3.93. The van der Waals surface area contributed by atoms with E-state index in [-0.39, 0.29) is 6.10 Å². The fraction of sp³-hybridized carbons (Fsp3) is 0.300. The smallest absolute Gasteiger partial charge is 0.130 e. The van der Waals surface area contributed by atoms with Crippen molar-refractivity contribution in [3.63, 3.8) is 0 Å². The Balaban J connectivity index is 1.92. The quantitative estimate of drug-likeness (QED) is 0.741. The molecule has 22 heavy (non-hydrogen) atoms. The molecule has 2 heteroatoms. The van der Waals surface area contributed by atoms with Gasteiger partial charge in [0.25, 0.3) is 0 Å². The minimum Gasteiger partial charge on any atom is -0.497 e. The molecule has 0 saturated heterocycles. The molecule has 0 spiro atoms. The van der Waals surface area contributed by atoms with Crippen LogP contribution in [0, 0.1) is 6.92 Å². The van der Waals surface area contributed by atoms with E-state index in [4.69, 9.17) is 9.47 Å². The number of aryl methyl sites for hydroxylation is 1. The third-order valence-electron chi connectivity index (χ3n) is 4.48. The summed E-state index contributed by atoms with van der Waals surface area (Å²) in [6.45, 7) is 8.21. The lowest BCUT2D eigenvalue weighted by Gasteiger charge is -2.16. The van der Waals surface area contributed by atoms with Gasteiger partial charge in [0, 0.05) is 11.5 Å². The number of ether oxygens (including phenoxy) is 2. The second kappa shape index (κ2) is 5.88. The number of allylic oxidation sites excluding steroid dienone is 1. The van der Waals surface area contributed by atoms with Crippen LogP contribution in [0.2, 0.25) is 0 Å². The predicted octanol–water partition coefficient (Wildman–Crippen LogP) is 4.97. The zero-order valence-electron chi connectivity index (χ0n) is 13.4. The lowest BCUT2D eigenvalue weighted by Crippen LogP contribution is -2.07. The standard InChI is InChI=1S/C20H22O2/c1-5-6-16-12-18-14(3)20(22-19(18)11-13(16)2)15-7-9-17(21-4)10-8-15/h5,7-12,14,20H,1,6H2,2-4H3. The molecule has 0 aliphatic carbocycles. The number of methoxy groups -OCH3 is 1. The number of hydrogen-bond donors (Lipinski definition) is 0. The van der Waals surface area contributed by atoms with E-state index in [1.54, 1.807) is 7.11 Å². The van der Waals surface area contributed by atoms with Gasteiger partial charge < -0.3 is 9.47 Å². The van der Waals surface area contributed by atoms with E-state index >= 15 is 0 Å². The van der Waals surface area contributed by atoms with Gasteiger partial charge in [0.1, 0.15) is 17.6 Å². The molecule has 2 atom stereocenters. The van der Waals surface area contributed by atoms with Crippen LogP contribution in [0.1, 0.15) is 41.2 Å². The van der Waals surface area contributed by atoms with E-state index in [2.05, 4.69) is 44.7 Å². The molecular formula is C20H22O2. The van der Waals surface area contributed by atoms with Gasteiger partial charge in [0.05, 0.1) is 7.11 Å². The van der Waals surface area contributed by atoms with Crippen LogP contribution in [0.5, 0.6) is 11.5 Å². The first kappa shape index (κ1) is 14.7. The molecule has 0 N–H and O–H groups in total. The molecule has 0 fully saturated rings. The monoisotopic (exact) mass is 294 g/mol. The topological polar surface area (TPSA) is 18.5 Å². The molecule has 1 aliphatic heterocycles. The van der Waals surface area contributed by atoms with Gasteiger partial charge in [0.15, 0.2) is 0 Å². The fourth-order valence-corrected chi connectivity index (χ4v) is 3.13. The first-order valence-electron chi connectivity index (χ1n) is 7.69. The summed E-state index contributed by atoms with van der Waals surface area (Å²) in [7, 11) is 1.68. The molecule has 2 nitrogen and oxygen atoms in total. The minimum atomic E-state index is 0.0688. The largest absolute Gasteiger partial charge is 0.497 e. The van der Waals surface area contributed by atoms with Crippen molar-refractivity contribution in [2.75, 3.05) is 7.11 Å². The SMILES string of the molecule is C=CCc1cc2c(cc1C)OC(c1ccc(OC)cc1)C2C. The third kappa shape index (κ3) is 2.50. The first-order chi connectivity index (χ1) is 10.6. The molecule has 0 radical (unpaired) electrons. The van der Waals surface area contributed by atoms with Crippen molar-refractivity contribution >= 4 is 0 Å². The van der Waals surface area contributed by atoms with E-state index < -0.39 is 0 Å². The lowest BCUT2D eigenvalue weighted by atomic mass is 9.90. The van der Waals surface area contributed by atoms with Gasteiger partial charge in [-0.1, -0.05) is 31.2 Å². The van der Waals surface area contributed by atoms with Crippen LogP contribution < -0.4 is 9.47 Å². The van der Waals surface area contributed by atoms with Gasteiger partial charge in [-0.3, -0.25) is 0 Å². The molecule has 0 aromatic heterocycles. The van der Waals surface area contributed by atoms with Crippen LogP contribution >= 0.6 is 0 Å². The Bertz CT molecular complexity index is 686. The van der Waals surface area contributed by atoms with E-state index in [1.807, 2.05) is 18.2 Å². The van der Waals surface area contributed by atoms with Crippen molar-refractivity contribution < 1.29 is 9.47 Å². The average Bonchev–Trinajstić information content (AvgIpc) is 2.84. The molecular weight excluding hydrogens is 272 g/mol. The number of benzene rings is 2. The highest BCUT2D eigenvalue weighted by Crippen LogP contribution is 2.46. The van der Waals surface area contributed by atoms with Crippen LogP contribution in [-0.4, -0.2) is 7.11 Å². The maximum atomic E-state index is 6.23. The van der Waals surface area contributed by atoms with Crippen molar-refractivity contribution in [2.24, 2.45) is 0 Å². The molecule has 2 aromatic carbocycles. The van der Waals surface area contributed by atoms with Crippen molar-refractivity contribution in [1.29, 1.82) is 0 Å². The van der Waals surface area contributed by atoms with E-state index in [0.717, 1.165) is 17.9 Å². The van der Waals surface area contributed by atoms with Crippen LogP contribution in [0.25, 0.3) is 0 Å². The summed E-state index contributed by atoms with van der Waals surface area (Å²) in [5.74, 6) is 2.22. The second-order valence-corrected chi connectivity index (χ2v) is 5.91. The van der Waals surface area contributed by atoms with Gasteiger partial charge in [0.2, 0.25) is 0 Å². The summed E-state index contributed by atoms with van der Waals surface area (Å²) >= 11 is 0. The minimum absolute atomic E-state index is 0.0688. The fourth-order valence-electron chi connectivity index (χ4n) is 3.13. The zero-order valence-corrected chi connectivity index (χ0v) is 13.4. The molecule has 0 saturated carbocycles. The van der Waals surface area contributed by atoms with E-state index in [1.165, 1.54) is 22.3 Å². The summed E-state index contributed by atoms with van der Waals surface area (Å²) in [6.07, 6.45) is 2.93. The van der Waals surface area contributed by atoms with E-state index in [9.17, 15) is 0 Å². The van der Waals surface area contributed by atoms with Gasteiger partial charge in [-0.2, -0.15) is 0 Å². The normalized spacial score (nSPS) is 19.4. The van der Waals surface area contributed by atoms with Gasteiger partial charge in [-0.15, -0.1) is 6.58 Å². The predicted molar refractivity (Wildman–Crippen MR) is 89.9 cm³/mol.